The van der Waals surface area contributed by atoms with E-state index in [1.54, 1.807) is 7.05 Å². The molecule has 1 aromatic carbocycles. The van der Waals surface area contributed by atoms with Crippen LogP contribution in [0.15, 0.2) is 29.3 Å². The van der Waals surface area contributed by atoms with Gasteiger partial charge >= 0.3 is 0 Å². The fraction of sp³-hybridized carbons (Fsp3) is 0.600. The molecule has 2 aliphatic rings. The zero-order valence-electron chi connectivity index (χ0n) is 16.5. The number of hydrogen-bond acceptors (Lipinski definition) is 4. The van der Waals surface area contributed by atoms with Gasteiger partial charge in [0.25, 0.3) is 0 Å². The Kier molecular flexibility index (Phi) is 9.30. The molecule has 0 spiro atoms. The first-order chi connectivity index (χ1) is 13.1. The van der Waals surface area contributed by atoms with E-state index in [9.17, 15) is 4.79 Å². The van der Waals surface area contributed by atoms with Crippen LogP contribution in [0.2, 0.25) is 0 Å². The van der Waals surface area contributed by atoms with Crippen LogP contribution in [-0.2, 0) is 11.3 Å². The second kappa shape index (κ2) is 11.5. The lowest BCUT2D eigenvalue weighted by molar-refractivity contribution is -0.119. The van der Waals surface area contributed by atoms with Crippen molar-refractivity contribution in [3.8, 4) is 5.75 Å². The average molecular weight is 501 g/mol. The van der Waals surface area contributed by atoms with Crippen LogP contribution >= 0.6 is 24.0 Å². The van der Waals surface area contributed by atoms with Crippen LogP contribution < -0.4 is 21.1 Å². The van der Waals surface area contributed by atoms with Crippen molar-refractivity contribution in [2.45, 2.75) is 38.3 Å². The molecular weight excluding hydrogens is 469 g/mol. The number of primary amides is 1. The smallest absolute Gasteiger partial charge is 0.231 e. The lowest BCUT2D eigenvalue weighted by Crippen LogP contribution is -2.49. The van der Waals surface area contributed by atoms with Gasteiger partial charge in [-0.2, -0.15) is 0 Å². The first-order valence-corrected chi connectivity index (χ1v) is 9.82. The Balaban J connectivity index is 0.00000280. The number of benzene rings is 1. The van der Waals surface area contributed by atoms with Crippen LogP contribution in [0, 0.1) is 5.92 Å². The number of nitrogens with zero attached hydrogens (tertiary/aromatic N) is 2. The standard InChI is InChI=1S/C20H31N5O2.HI/c1-22-20(24-17-8-10-25(11-9-17)13-19(21)26)23-12-16-4-2-3-5-18(16)27-14-15-6-7-15;/h2-5,15,17H,6-14H2,1H3,(H2,21,26)(H2,22,23,24);1H. The molecule has 1 amide bonds. The van der Waals surface area contributed by atoms with Gasteiger partial charge in [-0.15, -0.1) is 24.0 Å². The Morgan fingerprint density at radius 3 is 2.61 bits per heavy atom. The molecule has 1 aromatic rings. The van der Waals surface area contributed by atoms with E-state index in [1.807, 2.05) is 18.2 Å². The zero-order chi connectivity index (χ0) is 19.1. The van der Waals surface area contributed by atoms with E-state index in [0.717, 1.165) is 55.7 Å². The van der Waals surface area contributed by atoms with Gasteiger partial charge in [0.1, 0.15) is 5.75 Å². The fourth-order valence-corrected chi connectivity index (χ4v) is 3.31. The van der Waals surface area contributed by atoms with Gasteiger partial charge in [0.05, 0.1) is 13.2 Å². The molecule has 2 fully saturated rings. The number of piperidine rings is 1. The number of halogens is 1. The van der Waals surface area contributed by atoms with E-state index >= 15 is 0 Å². The molecule has 1 heterocycles. The summed E-state index contributed by atoms with van der Waals surface area (Å²) in [5, 5.41) is 6.88. The van der Waals surface area contributed by atoms with Crippen LogP contribution in [0.5, 0.6) is 5.75 Å². The quantitative estimate of drug-likeness (QED) is 0.287. The van der Waals surface area contributed by atoms with Crippen molar-refractivity contribution in [1.29, 1.82) is 0 Å². The Hall–Kier alpha value is -1.55. The molecule has 8 heteroatoms. The summed E-state index contributed by atoms with van der Waals surface area (Å²) in [6.45, 7) is 3.57. The molecule has 0 radical (unpaired) electrons. The van der Waals surface area contributed by atoms with Crippen molar-refractivity contribution in [3.63, 3.8) is 0 Å². The second-order valence-corrected chi connectivity index (χ2v) is 7.45. The number of aliphatic imine (C=N–C) groups is 1. The maximum Gasteiger partial charge on any atom is 0.231 e. The van der Waals surface area contributed by atoms with Gasteiger partial charge in [0, 0.05) is 38.3 Å². The van der Waals surface area contributed by atoms with Crippen molar-refractivity contribution in [2.75, 3.05) is 33.3 Å². The number of guanidine groups is 1. The maximum atomic E-state index is 11.0. The van der Waals surface area contributed by atoms with Crippen molar-refractivity contribution in [3.05, 3.63) is 29.8 Å². The van der Waals surface area contributed by atoms with Gasteiger partial charge < -0.3 is 21.1 Å². The Morgan fingerprint density at radius 1 is 1.25 bits per heavy atom. The van der Waals surface area contributed by atoms with E-state index < -0.39 is 0 Å². The van der Waals surface area contributed by atoms with Gasteiger partial charge in [-0.05, 0) is 37.7 Å². The highest BCUT2D eigenvalue weighted by Crippen LogP contribution is 2.30. The number of amides is 1. The number of para-hydroxylation sites is 1. The van der Waals surface area contributed by atoms with E-state index in [2.05, 4.69) is 26.6 Å². The third-order valence-electron chi connectivity index (χ3n) is 5.12. The topological polar surface area (TPSA) is 92.0 Å². The maximum absolute atomic E-state index is 11.0. The van der Waals surface area contributed by atoms with Crippen LogP contribution in [0.1, 0.15) is 31.2 Å². The van der Waals surface area contributed by atoms with Crippen LogP contribution in [0.25, 0.3) is 0 Å². The van der Waals surface area contributed by atoms with Crippen LogP contribution in [-0.4, -0.2) is 56.1 Å². The normalized spacial score (nSPS) is 18.2. The Morgan fingerprint density at radius 2 is 1.96 bits per heavy atom. The molecule has 7 nitrogen and oxygen atoms in total. The molecule has 4 N–H and O–H groups in total. The average Bonchev–Trinajstić information content (AvgIpc) is 3.49. The Bertz CT molecular complexity index is 658. The second-order valence-electron chi connectivity index (χ2n) is 7.45. The molecule has 0 aromatic heterocycles. The summed E-state index contributed by atoms with van der Waals surface area (Å²) in [6.07, 6.45) is 4.51. The highest BCUT2D eigenvalue weighted by Gasteiger charge is 2.23. The molecule has 0 atom stereocenters. The lowest BCUT2D eigenvalue weighted by atomic mass is 10.1. The molecule has 28 heavy (non-hydrogen) atoms. The van der Waals surface area contributed by atoms with E-state index in [0.29, 0.717) is 19.1 Å². The number of nitrogens with two attached hydrogens (primary N) is 1. The minimum Gasteiger partial charge on any atom is -0.493 e. The van der Waals surface area contributed by atoms with Gasteiger partial charge in [-0.1, -0.05) is 18.2 Å². The summed E-state index contributed by atoms with van der Waals surface area (Å²) in [7, 11) is 1.78. The van der Waals surface area contributed by atoms with Crippen LogP contribution in [0.3, 0.4) is 0 Å². The predicted molar refractivity (Wildman–Crippen MR) is 122 cm³/mol. The number of carbonyl (C=O) groups excluding carboxylic acids is 1. The predicted octanol–water partition coefficient (Wildman–Crippen LogP) is 1.71. The molecule has 1 aliphatic heterocycles. The first kappa shape index (κ1) is 22.7. The van der Waals surface area contributed by atoms with Crippen molar-refractivity contribution >= 4 is 35.8 Å². The molecule has 3 rings (SSSR count). The molecule has 1 aliphatic carbocycles. The third-order valence-corrected chi connectivity index (χ3v) is 5.12. The van der Waals surface area contributed by atoms with Crippen molar-refractivity contribution in [2.24, 2.45) is 16.6 Å². The summed E-state index contributed by atoms with van der Waals surface area (Å²) < 4.78 is 5.98. The van der Waals surface area contributed by atoms with Gasteiger partial charge in [0.15, 0.2) is 5.96 Å². The lowest BCUT2D eigenvalue weighted by Gasteiger charge is -2.32. The number of ether oxygens (including phenoxy) is 1. The zero-order valence-corrected chi connectivity index (χ0v) is 18.9. The molecule has 1 saturated carbocycles. The van der Waals surface area contributed by atoms with Gasteiger partial charge in [-0.25, -0.2) is 0 Å². The number of carbonyl (C=O) groups is 1. The summed E-state index contributed by atoms with van der Waals surface area (Å²) in [5.41, 5.74) is 6.41. The minimum atomic E-state index is -0.263. The summed E-state index contributed by atoms with van der Waals surface area (Å²) >= 11 is 0. The fourth-order valence-electron chi connectivity index (χ4n) is 3.31. The first-order valence-electron chi connectivity index (χ1n) is 9.82. The summed E-state index contributed by atoms with van der Waals surface area (Å²) in [6, 6.07) is 8.51. The molecular formula is C20H32IN5O2. The summed E-state index contributed by atoms with van der Waals surface area (Å²) in [5.74, 6) is 2.22. The van der Waals surface area contributed by atoms with Gasteiger partial charge in [-0.3, -0.25) is 14.7 Å². The van der Waals surface area contributed by atoms with E-state index in [4.69, 9.17) is 10.5 Å². The third kappa shape index (κ3) is 7.46. The van der Waals surface area contributed by atoms with E-state index in [1.165, 1.54) is 12.8 Å². The monoisotopic (exact) mass is 501 g/mol. The number of rotatable bonds is 8. The molecule has 1 saturated heterocycles. The number of likely N-dealkylation sites (tertiary alicyclic amines) is 1. The highest BCUT2D eigenvalue weighted by atomic mass is 127. The molecule has 0 unspecified atom stereocenters. The van der Waals surface area contributed by atoms with Crippen molar-refractivity contribution < 1.29 is 9.53 Å². The van der Waals surface area contributed by atoms with E-state index in [-0.39, 0.29) is 29.9 Å². The number of hydrogen-bond donors (Lipinski definition) is 3. The molecule has 0 bridgehead atoms. The van der Waals surface area contributed by atoms with Gasteiger partial charge in [0.2, 0.25) is 5.91 Å². The number of nitrogens with one attached hydrogen (secondary N) is 2. The summed E-state index contributed by atoms with van der Waals surface area (Å²) in [4.78, 5) is 17.5. The molecule has 156 valence electrons. The van der Waals surface area contributed by atoms with Crippen LogP contribution in [0.4, 0.5) is 0 Å². The Labute approximate surface area is 184 Å². The van der Waals surface area contributed by atoms with Crippen molar-refractivity contribution in [1.82, 2.24) is 15.5 Å². The SMILES string of the molecule is CN=C(NCc1ccccc1OCC1CC1)NC1CCN(CC(N)=O)CC1.I. The minimum absolute atomic E-state index is 0. The highest BCUT2D eigenvalue weighted by molar-refractivity contribution is 14.0. The largest absolute Gasteiger partial charge is 0.493 e.